The van der Waals surface area contributed by atoms with E-state index >= 15 is 0 Å². The van der Waals surface area contributed by atoms with Gasteiger partial charge >= 0.3 is 0 Å². The number of hydrogen-bond acceptors (Lipinski definition) is 4. The highest BCUT2D eigenvalue weighted by Crippen LogP contribution is 2.21. The number of carbonyl (C=O) groups is 1. The largest absolute Gasteiger partial charge is 0.497 e. The van der Waals surface area contributed by atoms with Gasteiger partial charge in [0.05, 0.1) is 12.0 Å². The number of amides is 1. The normalized spacial score (nSPS) is 12.4. The molecule has 0 aliphatic heterocycles. The van der Waals surface area contributed by atoms with Gasteiger partial charge in [-0.2, -0.15) is 4.31 Å². The minimum Gasteiger partial charge on any atom is -0.497 e. The summed E-state index contributed by atoms with van der Waals surface area (Å²) in [7, 11) is -2.18. The van der Waals surface area contributed by atoms with Gasteiger partial charge in [0.2, 0.25) is 10.0 Å². The highest BCUT2D eigenvalue weighted by Gasteiger charge is 2.24. The van der Waals surface area contributed by atoms with Crippen molar-refractivity contribution < 1.29 is 17.9 Å². The molecule has 2 aromatic carbocycles. The van der Waals surface area contributed by atoms with E-state index in [1.807, 2.05) is 13.8 Å². The highest BCUT2D eigenvalue weighted by atomic mass is 32.2. The Morgan fingerprint density at radius 3 is 2.31 bits per heavy atom. The highest BCUT2D eigenvalue weighted by molar-refractivity contribution is 7.89. The van der Waals surface area contributed by atoms with Gasteiger partial charge in [-0.05, 0) is 55.3 Å². The van der Waals surface area contributed by atoms with E-state index in [1.165, 1.54) is 23.5 Å². The molecule has 7 heteroatoms. The Labute approximate surface area is 173 Å². The van der Waals surface area contributed by atoms with Crippen molar-refractivity contribution >= 4 is 15.9 Å². The molecule has 0 unspecified atom stereocenters. The van der Waals surface area contributed by atoms with Gasteiger partial charge in [-0.25, -0.2) is 8.42 Å². The molecule has 0 fully saturated rings. The molecule has 2 rings (SSSR count). The van der Waals surface area contributed by atoms with Gasteiger partial charge in [0.15, 0.2) is 0 Å². The van der Waals surface area contributed by atoms with Gasteiger partial charge in [-0.1, -0.05) is 25.1 Å². The fourth-order valence-corrected chi connectivity index (χ4v) is 4.06. The molecule has 156 valence electrons. The number of sulfonamides is 1. The quantitative estimate of drug-likeness (QED) is 0.601. The summed E-state index contributed by atoms with van der Waals surface area (Å²) in [5.74, 6) is 0.449. The number of nitrogens with one attached hydrogen (secondary N) is 1. The third-order valence-electron chi connectivity index (χ3n) is 4.59. The van der Waals surface area contributed by atoms with Gasteiger partial charge in [-0.3, -0.25) is 4.79 Å². The molecule has 1 N–H and O–H groups in total. The second kappa shape index (κ2) is 10.2. The van der Waals surface area contributed by atoms with Crippen LogP contribution < -0.4 is 10.1 Å². The molecule has 2 aromatic rings. The average Bonchev–Trinajstić information content (AvgIpc) is 2.73. The van der Waals surface area contributed by atoms with Crippen LogP contribution in [0.1, 0.15) is 36.2 Å². The number of nitrogens with zero attached hydrogens (tertiary/aromatic N) is 1. The minimum atomic E-state index is -3.70. The van der Waals surface area contributed by atoms with Crippen molar-refractivity contribution in [1.29, 1.82) is 0 Å². The van der Waals surface area contributed by atoms with Crippen molar-refractivity contribution in [2.24, 2.45) is 0 Å². The Balaban J connectivity index is 2.19. The lowest BCUT2D eigenvalue weighted by molar-refractivity contribution is 0.0939. The average molecular weight is 417 g/mol. The van der Waals surface area contributed by atoms with E-state index in [2.05, 4.69) is 11.9 Å². The summed E-state index contributed by atoms with van der Waals surface area (Å²) in [5.41, 5.74) is 1.33. The predicted molar refractivity (Wildman–Crippen MR) is 114 cm³/mol. The van der Waals surface area contributed by atoms with Crippen LogP contribution in [0.3, 0.4) is 0 Å². The van der Waals surface area contributed by atoms with Crippen molar-refractivity contribution in [2.75, 3.05) is 13.7 Å². The number of hydrogen-bond donors (Lipinski definition) is 1. The van der Waals surface area contributed by atoms with Gasteiger partial charge in [-0.15, -0.1) is 6.58 Å². The van der Waals surface area contributed by atoms with Gasteiger partial charge in [0.25, 0.3) is 5.91 Å². The molecule has 1 atom stereocenters. The Hall–Kier alpha value is -2.64. The van der Waals surface area contributed by atoms with Crippen molar-refractivity contribution in [1.82, 2.24) is 9.62 Å². The predicted octanol–water partition coefficient (Wildman–Crippen LogP) is 3.60. The standard InChI is InChI=1S/C22H28N2O4S/c1-5-15-24(29(26,27)21-13-11-20(28-4)12-14-21)16-18-7-9-19(10-8-18)22(25)23-17(3)6-2/h5,7-14,17H,1,6,15-16H2,2-4H3,(H,23,25)/t17-/m0/s1. The van der Waals surface area contributed by atoms with E-state index in [0.29, 0.717) is 11.3 Å². The molecule has 29 heavy (non-hydrogen) atoms. The summed E-state index contributed by atoms with van der Waals surface area (Å²) in [6.45, 7) is 7.97. The van der Waals surface area contributed by atoms with Gasteiger partial charge < -0.3 is 10.1 Å². The molecule has 0 aliphatic carbocycles. The summed E-state index contributed by atoms with van der Waals surface area (Å²) < 4.78 is 32.5. The molecule has 0 spiro atoms. The van der Waals surface area contributed by atoms with E-state index < -0.39 is 10.0 Å². The molecular weight excluding hydrogens is 388 g/mol. The van der Waals surface area contributed by atoms with Crippen LogP contribution in [0.5, 0.6) is 5.75 Å². The number of carbonyl (C=O) groups excluding carboxylic acids is 1. The first kappa shape index (κ1) is 22.6. The number of rotatable bonds is 10. The molecule has 0 saturated heterocycles. The van der Waals surface area contributed by atoms with E-state index in [9.17, 15) is 13.2 Å². The molecule has 0 bridgehead atoms. The molecular formula is C22H28N2O4S. The first-order valence-electron chi connectivity index (χ1n) is 9.46. The first-order chi connectivity index (χ1) is 13.8. The Morgan fingerprint density at radius 2 is 1.79 bits per heavy atom. The zero-order valence-electron chi connectivity index (χ0n) is 17.1. The lowest BCUT2D eigenvalue weighted by Gasteiger charge is -2.21. The van der Waals surface area contributed by atoms with E-state index in [4.69, 9.17) is 4.74 Å². The van der Waals surface area contributed by atoms with Crippen LogP contribution in [0.2, 0.25) is 0 Å². The fourth-order valence-electron chi connectivity index (χ4n) is 2.66. The Kier molecular flexibility index (Phi) is 7.99. The zero-order chi connectivity index (χ0) is 21.4. The van der Waals surface area contributed by atoms with Gasteiger partial charge in [0, 0.05) is 24.7 Å². The maximum Gasteiger partial charge on any atom is 0.251 e. The third-order valence-corrected chi connectivity index (χ3v) is 6.42. The van der Waals surface area contributed by atoms with E-state index in [0.717, 1.165) is 12.0 Å². The van der Waals surface area contributed by atoms with Gasteiger partial charge in [0.1, 0.15) is 5.75 Å². The van der Waals surface area contributed by atoms with Crippen LogP contribution >= 0.6 is 0 Å². The maximum absolute atomic E-state index is 13.0. The molecule has 0 aliphatic rings. The van der Waals surface area contributed by atoms with Crippen LogP contribution in [0.15, 0.2) is 66.1 Å². The fraction of sp³-hybridized carbons (Fsp3) is 0.318. The van der Waals surface area contributed by atoms with Crippen molar-refractivity contribution in [3.8, 4) is 5.75 Å². The first-order valence-corrected chi connectivity index (χ1v) is 10.9. The molecule has 1 amide bonds. The molecule has 0 aromatic heterocycles. The lowest BCUT2D eigenvalue weighted by Crippen LogP contribution is -2.32. The molecule has 0 saturated carbocycles. The lowest BCUT2D eigenvalue weighted by atomic mass is 10.1. The van der Waals surface area contributed by atoms with Crippen molar-refractivity contribution in [3.63, 3.8) is 0 Å². The summed E-state index contributed by atoms with van der Waals surface area (Å²) in [5, 5.41) is 2.91. The second-order valence-electron chi connectivity index (χ2n) is 6.74. The van der Waals surface area contributed by atoms with Crippen LogP contribution in [-0.4, -0.2) is 38.3 Å². The van der Waals surface area contributed by atoms with Crippen molar-refractivity contribution in [2.45, 2.75) is 37.8 Å². The third kappa shape index (κ3) is 5.92. The number of benzene rings is 2. The van der Waals surface area contributed by atoms with Crippen LogP contribution in [0.4, 0.5) is 0 Å². The van der Waals surface area contributed by atoms with Crippen LogP contribution in [0.25, 0.3) is 0 Å². The number of methoxy groups -OCH3 is 1. The molecule has 0 radical (unpaired) electrons. The van der Waals surface area contributed by atoms with E-state index in [1.54, 1.807) is 42.5 Å². The second-order valence-corrected chi connectivity index (χ2v) is 8.68. The smallest absolute Gasteiger partial charge is 0.251 e. The molecule has 6 nitrogen and oxygen atoms in total. The number of ether oxygens (including phenoxy) is 1. The van der Waals surface area contributed by atoms with E-state index in [-0.39, 0.29) is 29.9 Å². The van der Waals surface area contributed by atoms with Crippen molar-refractivity contribution in [3.05, 3.63) is 72.3 Å². The maximum atomic E-state index is 13.0. The Morgan fingerprint density at radius 1 is 1.17 bits per heavy atom. The summed E-state index contributed by atoms with van der Waals surface area (Å²) in [4.78, 5) is 12.4. The van der Waals surface area contributed by atoms with Crippen LogP contribution in [0, 0.1) is 0 Å². The van der Waals surface area contributed by atoms with Crippen LogP contribution in [-0.2, 0) is 16.6 Å². The summed E-state index contributed by atoms with van der Waals surface area (Å²) in [6.07, 6.45) is 2.40. The Bertz CT molecular complexity index is 922. The zero-order valence-corrected chi connectivity index (χ0v) is 17.9. The summed E-state index contributed by atoms with van der Waals surface area (Å²) in [6, 6.07) is 13.3. The minimum absolute atomic E-state index is 0.0971. The molecule has 0 heterocycles. The monoisotopic (exact) mass is 416 g/mol. The SMILES string of the molecule is C=CCN(Cc1ccc(C(=O)N[C@@H](C)CC)cc1)S(=O)(=O)c1ccc(OC)cc1. The summed E-state index contributed by atoms with van der Waals surface area (Å²) >= 11 is 0. The topological polar surface area (TPSA) is 75.7 Å².